The minimum absolute atomic E-state index is 0.0782. The van der Waals surface area contributed by atoms with Gasteiger partial charge in [0, 0.05) is 6.20 Å². The standard InChI is InChI=1S/C19H18FNO2/c1-3-8-18(17-11-6-7-12-21-17)23-19(22)13-14(2)15-9-4-5-10-16(15)20/h1,4-7,9-12,14,18H,8,13H2,2H3/t14-,18+/m1/s1. The van der Waals surface area contributed by atoms with Gasteiger partial charge in [-0.2, -0.15) is 0 Å². The van der Waals surface area contributed by atoms with Crippen molar-refractivity contribution in [3.8, 4) is 12.3 Å². The number of benzene rings is 1. The van der Waals surface area contributed by atoms with Crippen molar-refractivity contribution < 1.29 is 13.9 Å². The molecule has 2 rings (SSSR count). The highest BCUT2D eigenvalue weighted by molar-refractivity contribution is 5.70. The van der Waals surface area contributed by atoms with Crippen LogP contribution in [0.4, 0.5) is 4.39 Å². The molecule has 0 aliphatic heterocycles. The molecule has 0 bridgehead atoms. The molecule has 2 aromatic rings. The second-order valence-corrected chi connectivity index (χ2v) is 5.27. The molecule has 0 radical (unpaired) electrons. The lowest BCUT2D eigenvalue weighted by Gasteiger charge is -2.17. The number of aromatic nitrogens is 1. The largest absolute Gasteiger partial charge is 0.455 e. The van der Waals surface area contributed by atoms with E-state index in [-0.39, 0.29) is 24.6 Å². The highest BCUT2D eigenvalue weighted by Gasteiger charge is 2.20. The van der Waals surface area contributed by atoms with E-state index in [9.17, 15) is 9.18 Å². The van der Waals surface area contributed by atoms with Crippen molar-refractivity contribution in [1.29, 1.82) is 0 Å². The van der Waals surface area contributed by atoms with Crippen molar-refractivity contribution >= 4 is 5.97 Å². The lowest BCUT2D eigenvalue weighted by molar-refractivity contribution is -0.149. The summed E-state index contributed by atoms with van der Waals surface area (Å²) in [6, 6.07) is 11.8. The highest BCUT2D eigenvalue weighted by atomic mass is 19.1. The van der Waals surface area contributed by atoms with Crippen LogP contribution in [-0.4, -0.2) is 11.0 Å². The topological polar surface area (TPSA) is 39.2 Å². The number of halogens is 1. The molecule has 0 aliphatic rings. The second kappa shape index (κ2) is 8.09. The van der Waals surface area contributed by atoms with E-state index in [1.807, 2.05) is 6.07 Å². The Morgan fingerprint density at radius 3 is 2.70 bits per heavy atom. The number of nitrogens with zero attached hydrogens (tertiary/aromatic N) is 1. The summed E-state index contributed by atoms with van der Waals surface area (Å²) in [5, 5.41) is 0. The first-order valence-electron chi connectivity index (χ1n) is 7.40. The molecule has 0 fully saturated rings. The first kappa shape index (κ1) is 16.7. The van der Waals surface area contributed by atoms with E-state index in [0.29, 0.717) is 11.3 Å². The molecule has 0 amide bonds. The van der Waals surface area contributed by atoms with Crippen LogP contribution in [0.15, 0.2) is 48.7 Å². The Hall–Kier alpha value is -2.67. The molecule has 23 heavy (non-hydrogen) atoms. The molecule has 1 aromatic heterocycles. The third-order valence-corrected chi connectivity index (χ3v) is 3.50. The van der Waals surface area contributed by atoms with Crippen LogP contribution in [0.2, 0.25) is 0 Å². The van der Waals surface area contributed by atoms with Gasteiger partial charge in [0.15, 0.2) is 6.10 Å². The molecule has 1 heterocycles. The van der Waals surface area contributed by atoms with Crippen LogP contribution in [-0.2, 0) is 9.53 Å². The number of pyridine rings is 1. The summed E-state index contributed by atoms with van der Waals surface area (Å²) in [6.07, 6.45) is 6.70. The molecule has 1 aromatic carbocycles. The Kier molecular flexibility index (Phi) is 5.87. The summed E-state index contributed by atoms with van der Waals surface area (Å²) in [5.74, 6) is 1.46. The maximum atomic E-state index is 13.8. The lowest BCUT2D eigenvalue weighted by Crippen LogP contribution is -2.14. The van der Waals surface area contributed by atoms with Crippen LogP contribution in [0.25, 0.3) is 0 Å². The Morgan fingerprint density at radius 1 is 1.30 bits per heavy atom. The van der Waals surface area contributed by atoms with Gasteiger partial charge in [-0.1, -0.05) is 31.2 Å². The van der Waals surface area contributed by atoms with Gasteiger partial charge in [-0.05, 0) is 29.7 Å². The molecule has 2 atom stereocenters. The van der Waals surface area contributed by atoms with Crippen LogP contribution in [0.1, 0.15) is 43.0 Å². The van der Waals surface area contributed by atoms with Crippen molar-refractivity contribution in [2.24, 2.45) is 0 Å². The van der Waals surface area contributed by atoms with Gasteiger partial charge in [-0.25, -0.2) is 4.39 Å². The van der Waals surface area contributed by atoms with Gasteiger partial charge in [0.1, 0.15) is 5.82 Å². The highest BCUT2D eigenvalue weighted by Crippen LogP contribution is 2.25. The van der Waals surface area contributed by atoms with E-state index in [2.05, 4.69) is 10.9 Å². The van der Waals surface area contributed by atoms with Crippen LogP contribution in [0, 0.1) is 18.2 Å². The van der Waals surface area contributed by atoms with E-state index < -0.39 is 12.1 Å². The first-order chi connectivity index (χ1) is 11.1. The number of carbonyl (C=O) groups excluding carboxylic acids is 1. The zero-order valence-electron chi connectivity index (χ0n) is 12.9. The van der Waals surface area contributed by atoms with E-state index in [1.165, 1.54) is 6.07 Å². The zero-order chi connectivity index (χ0) is 16.7. The molecule has 0 saturated heterocycles. The summed E-state index contributed by atoms with van der Waals surface area (Å²) in [6.45, 7) is 1.79. The maximum Gasteiger partial charge on any atom is 0.307 e. The minimum atomic E-state index is -0.582. The van der Waals surface area contributed by atoms with Gasteiger partial charge in [-0.15, -0.1) is 12.3 Å². The van der Waals surface area contributed by atoms with Gasteiger partial charge >= 0.3 is 5.97 Å². The molecule has 0 unspecified atom stereocenters. The van der Waals surface area contributed by atoms with Crippen molar-refractivity contribution in [1.82, 2.24) is 4.98 Å². The Morgan fingerprint density at radius 2 is 2.04 bits per heavy atom. The first-order valence-corrected chi connectivity index (χ1v) is 7.40. The number of terminal acetylenes is 1. The quantitative estimate of drug-likeness (QED) is 0.597. The minimum Gasteiger partial charge on any atom is -0.455 e. The fourth-order valence-corrected chi connectivity index (χ4v) is 2.32. The van der Waals surface area contributed by atoms with E-state index in [0.717, 1.165) is 0 Å². The van der Waals surface area contributed by atoms with Crippen LogP contribution in [0.3, 0.4) is 0 Å². The molecule has 0 saturated carbocycles. The average Bonchev–Trinajstić information content (AvgIpc) is 2.55. The molecule has 0 spiro atoms. The molecule has 118 valence electrons. The van der Waals surface area contributed by atoms with E-state index in [1.54, 1.807) is 43.5 Å². The van der Waals surface area contributed by atoms with Crippen LogP contribution < -0.4 is 0 Å². The predicted molar refractivity (Wildman–Crippen MR) is 86.0 cm³/mol. The molecule has 3 nitrogen and oxygen atoms in total. The van der Waals surface area contributed by atoms with E-state index in [4.69, 9.17) is 11.2 Å². The monoisotopic (exact) mass is 311 g/mol. The van der Waals surface area contributed by atoms with Gasteiger partial charge in [0.05, 0.1) is 18.5 Å². The number of hydrogen-bond acceptors (Lipinski definition) is 3. The average molecular weight is 311 g/mol. The second-order valence-electron chi connectivity index (χ2n) is 5.27. The fourth-order valence-electron chi connectivity index (χ4n) is 2.32. The van der Waals surface area contributed by atoms with Gasteiger partial charge < -0.3 is 4.74 Å². The summed E-state index contributed by atoms with van der Waals surface area (Å²) in [7, 11) is 0. The molecular weight excluding hydrogens is 293 g/mol. The van der Waals surface area contributed by atoms with Crippen molar-refractivity contribution in [3.63, 3.8) is 0 Å². The number of ether oxygens (including phenoxy) is 1. The normalized spacial score (nSPS) is 12.9. The predicted octanol–water partition coefficient (Wildman–Crippen LogP) is 4.02. The lowest BCUT2D eigenvalue weighted by atomic mass is 9.97. The Labute approximate surface area is 135 Å². The van der Waals surface area contributed by atoms with Crippen LogP contribution in [0.5, 0.6) is 0 Å². The SMILES string of the molecule is C#CC[C@H](OC(=O)C[C@@H](C)c1ccccc1F)c1ccccn1. The number of rotatable bonds is 6. The maximum absolute atomic E-state index is 13.8. The number of carbonyl (C=O) groups is 1. The molecule has 4 heteroatoms. The number of hydrogen-bond donors (Lipinski definition) is 0. The number of esters is 1. The van der Waals surface area contributed by atoms with Gasteiger partial charge in [0.2, 0.25) is 0 Å². The molecular formula is C19H18FNO2. The summed E-state index contributed by atoms with van der Waals surface area (Å²) >= 11 is 0. The van der Waals surface area contributed by atoms with E-state index >= 15 is 0 Å². The summed E-state index contributed by atoms with van der Waals surface area (Å²) in [5.41, 5.74) is 1.10. The zero-order valence-corrected chi connectivity index (χ0v) is 12.9. The van der Waals surface area contributed by atoms with Crippen molar-refractivity contribution in [3.05, 3.63) is 65.7 Å². The summed E-state index contributed by atoms with van der Waals surface area (Å²) in [4.78, 5) is 16.3. The third-order valence-electron chi connectivity index (χ3n) is 3.50. The Bertz CT molecular complexity index is 694. The van der Waals surface area contributed by atoms with Crippen molar-refractivity contribution in [2.45, 2.75) is 31.8 Å². The molecule has 0 N–H and O–H groups in total. The van der Waals surface area contributed by atoms with Crippen LogP contribution >= 0.6 is 0 Å². The summed E-state index contributed by atoms with van der Waals surface area (Å²) < 4.78 is 19.2. The third kappa shape index (κ3) is 4.65. The van der Waals surface area contributed by atoms with Gasteiger partial charge in [-0.3, -0.25) is 9.78 Å². The fraction of sp³-hybridized carbons (Fsp3) is 0.263. The Balaban J connectivity index is 2.02. The van der Waals surface area contributed by atoms with Gasteiger partial charge in [0.25, 0.3) is 0 Å². The molecule has 0 aliphatic carbocycles. The van der Waals surface area contributed by atoms with Crippen molar-refractivity contribution in [2.75, 3.05) is 0 Å². The smallest absolute Gasteiger partial charge is 0.307 e.